The van der Waals surface area contributed by atoms with Crippen LogP contribution >= 0.6 is 0 Å². The van der Waals surface area contributed by atoms with Gasteiger partial charge in [-0.1, -0.05) is 0 Å². The van der Waals surface area contributed by atoms with E-state index in [0.29, 0.717) is 5.69 Å². The van der Waals surface area contributed by atoms with Gasteiger partial charge in [0.1, 0.15) is 0 Å². The third kappa shape index (κ3) is 1.39. The number of nitrogens with zero attached hydrogens (tertiary/aromatic N) is 3. The number of rotatable bonds is 2. The molecule has 0 aliphatic carbocycles. The lowest BCUT2D eigenvalue weighted by atomic mass is 10.2. The number of aryl methyl sites for hydroxylation is 1. The second-order valence-electron chi connectivity index (χ2n) is 3.74. The number of hydrogen-bond donors (Lipinski definition) is 1. The maximum Gasteiger partial charge on any atom is 0.309 e. The quantitative estimate of drug-likeness (QED) is 0.721. The van der Waals surface area contributed by atoms with Gasteiger partial charge in [-0.05, 0) is 7.05 Å². The van der Waals surface area contributed by atoms with Crippen LogP contribution in [-0.2, 0) is 31.4 Å². The average molecular weight is 195 g/mol. The maximum absolute atomic E-state index is 10.6. The molecule has 2 heterocycles. The van der Waals surface area contributed by atoms with Gasteiger partial charge in [0, 0.05) is 25.7 Å². The monoisotopic (exact) mass is 195 g/mol. The Morgan fingerprint density at radius 3 is 2.86 bits per heavy atom. The van der Waals surface area contributed by atoms with E-state index >= 15 is 0 Å². The van der Waals surface area contributed by atoms with Crippen LogP contribution in [-0.4, -0.2) is 32.8 Å². The first kappa shape index (κ1) is 9.21. The summed E-state index contributed by atoms with van der Waals surface area (Å²) >= 11 is 0. The van der Waals surface area contributed by atoms with Gasteiger partial charge in [-0.2, -0.15) is 5.10 Å². The Morgan fingerprint density at radius 2 is 2.21 bits per heavy atom. The molecule has 1 aromatic rings. The number of aliphatic carboxylic acids is 1. The molecule has 1 aliphatic rings. The number of aromatic nitrogens is 2. The Hall–Kier alpha value is -1.36. The van der Waals surface area contributed by atoms with E-state index < -0.39 is 5.97 Å². The molecule has 0 radical (unpaired) electrons. The Balaban J connectivity index is 2.35. The Labute approximate surface area is 81.9 Å². The lowest BCUT2D eigenvalue weighted by Gasteiger charge is -2.06. The highest BCUT2D eigenvalue weighted by Gasteiger charge is 2.25. The van der Waals surface area contributed by atoms with E-state index in [1.165, 1.54) is 0 Å². The predicted octanol–water partition coefficient (Wildman–Crippen LogP) is -0.00740. The first-order valence-corrected chi connectivity index (χ1v) is 4.52. The van der Waals surface area contributed by atoms with Crippen molar-refractivity contribution < 1.29 is 9.90 Å². The van der Waals surface area contributed by atoms with Crippen molar-refractivity contribution in [2.75, 3.05) is 7.05 Å². The van der Waals surface area contributed by atoms with Gasteiger partial charge < -0.3 is 5.11 Å². The van der Waals surface area contributed by atoms with Crippen LogP contribution in [0.25, 0.3) is 0 Å². The van der Waals surface area contributed by atoms with Crippen molar-refractivity contribution in [3.05, 3.63) is 17.0 Å². The molecular weight excluding hydrogens is 182 g/mol. The minimum Gasteiger partial charge on any atom is -0.481 e. The molecule has 76 valence electrons. The molecule has 0 atom stereocenters. The van der Waals surface area contributed by atoms with E-state index in [1.807, 2.05) is 14.1 Å². The summed E-state index contributed by atoms with van der Waals surface area (Å²) in [5, 5.41) is 12.9. The molecule has 1 N–H and O–H groups in total. The summed E-state index contributed by atoms with van der Waals surface area (Å²) < 4.78 is 1.79. The summed E-state index contributed by atoms with van der Waals surface area (Å²) in [4.78, 5) is 12.7. The van der Waals surface area contributed by atoms with Gasteiger partial charge in [-0.15, -0.1) is 0 Å². The molecule has 0 unspecified atom stereocenters. The van der Waals surface area contributed by atoms with Crippen LogP contribution in [0.15, 0.2) is 0 Å². The van der Waals surface area contributed by atoms with Crippen LogP contribution in [0.5, 0.6) is 0 Å². The molecule has 0 fully saturated rings. The molecule has 0 bridgehead atoms. The number of carboxylic acids is 1. The Morgan fingerprint density at radius 1 is 1.50 bits per heavy atom. The molecule has 1 aromatic heterocycles. The fraction of sp³-hybridized carbons (Fsp3) is 0.556. The highest BCUT2D eigenvalue weighted by molar-refractivity contribution is 5.70. The summed E-state index contributed by atoms with van der Waals surface area (Å²) in [6, 6.07) is 0. The van der Waals surface area contributed by atoms with Gasteiger partial charge in [0.15, 0.2) is 0 Å². The first-order valence-electron chi connectivity index (χ1n) is 4.52. The molecule has 5 heteroatoms. The van der Waals surface area contributed by atoms with Crippen molar-refractivity contribution in [2.24, 2.45) is 7.05 Å². The average Bonchev–Trinajstić information content (AvgIpc) is 2.54. The van der Waals surface area contributed by atoms with E-state index in [9.17, 15) is 4.79 Å². The van der Waals surface area contributed by atoms with Crippen LogP contribution in [0.1, 0.15) is 17.0 Å². The summed E-state index contributed by atoms with van der Waals surface area (Å²) in [5.74, 6) is -0.819. The van der Waals surface area contributed by atoms with E-state index in [2.05, 4.69) is 10.00 Å². The lowest BCUT2D eigenvalue weighted by molar-refractivity contribution is -0.136. The van der Waals surface area contributed by atoms with E-state index in [4.69, 9.17) is 5.11 Å². The molecule has 2 rings (SSSR count). The largest absolute Gasteiger partial charge is 0.481 e. The maximum atomic E-state index is 10.6. The topological polar surface area (TPSA) is 58.4 Å². The molecule has 5 nitrogen and oxygen atoms in total. The fourth-order valence-corrected chi connectivity index (χ4v) is 1.91. The molecule has 0 aromatic carbocycles. The van der Waals surface area contributed by atoms with Gasteiger partial charge in [0.25, 0.3) is 0 Å². The molecule has 1 aliphatic heterocycles. The van der Waals surface area contributed by atoms with Crippen LogP contribution in [0, 0.1) is 0 Å². The Kier molecular flexibility index (Phi) is 2.03. The SMILES string of the molecule is CN1Cc2c(CC(=O)O)nn(C)c2C1. The second kappa shape index (κ2) is 3.09. The zero-order valence-corrected chi connectivity index (χ0v) is 8.32. The summed E-state index contributed by atoms with van der Waals surface area (Å²) in [6.45, 7) is 1.67. The zero-order valence-electron chi connectivity index (χ0n) is 8.32. The summed E-state index contributed by atoms with van der Waals surface area (Å²) in [6.07, 6.45) is 0.0248. The summed E-state index contributed by atoms with van der Waals surface area (Å²) in [5.41, 5.74) is 2.94. The molecular formula is C9H13N3O2. The number of carboxylic acid groups (broad SMARTS) is 1. The van der Waals surface area contributed by atoms with Crippen molar-refractivity contribution >= 4 is 5.97 Å². The molecule has 0 saturated carbocycles. The van der Waals surface area contributed by atoms with E-state index in [-0.39, 0.29) is 6.42 Å². The number of hydrogen-bond acceptors (Lipinski definition) is 3. The summed E-state index contributed by atoms with van der Waals surface area (Å²) in [7, 11) is 3.88. The normalized spacial score (nSPS) is 15.9. The van der Waals surface area contributed by atoms with Gasteiger partial charge in [-0.3, -0.25) is 14.4 Å². The predicted molar refractivity (Wildman–Crippen MR) is 49.7 cm³/mol. The lowest BCUT2D eigenvalue weighted by Crippen LogP contribution is -2.12. The van der Waals surface area contributed by atoms with E-state index in [1.54, 1.807) is 4.68 Å². The standard InChI is InChI=1S/C9H13N3O2/c1-11-4-6-7(3-9(13)14)10-12(2)8(6)5-11/h3-5H2,1-2H3,(H,13,14). The van der Waals surface area contributed by atoms with Crippen LogP contribution < -0.4 is 0 Å². The third-order valence-corrected chi connectivity index (χ3v) is 2.52. The molecule has 14 heavy (non-hydrogen) atoms. The van der Waals surface area contributed by atoms with Crippen molar-refractivity contribution in [1.82, 2.24) is 14.7 Å². The first-order chi connectivity index (χ1) is 6.58. The number of fused-ring (bicyclic) bond motifs is 1. The van der Waals surface area contributed by atoms with Gasteiger partial charge in [0.05, 0.1) is 17.8 Å². The second-order valence-corrected chi connectivity index (χ2v) is 3.74. The van der Waals surface area contributed by atoms with Crippen molar-refractivity contribution in [3.8, 4) is 0 Å². The molecule has 0 saturated heterocycles. The van der Waals surface area contributed by atoms with Gasteiger partial charge in [0.2, 0.25) is 0 Å². The highest BCUT2D eigenvalue weighted by Crippen LogP contribution is 2.24. The zero-order chi connectivity index (χ0) is 10.3. The van der Waals surface area contributed by atoms with Gasteiger partial charge in [-0.25, -0.2) is 0 Å². The van der Waals surface area contributed by atoms with Gasteiger partial charge >= 0.3 is 5.97 Å². The molecule has 0 amide bonds. The minimum absolute atomic E-state index is 0.0248. The van der Waals surface area contributed by atoms with E-state index in [0.717, 1.165) is 24.3 Å². The van der Waals surface area contributed by atoms with Crippen molar-refractivity contribution in [3.63, 3.8) is 0 Å². The number of carbonyl (C=O) groups is 1. The Bertz CT molecular complexity index is 384. The van der Waals surface area contributed by atoms with Crippen LogP contribution in [0.4, 0.5) is 0 Å². The van der Waals surface area contributed by atoms with Crippen LogP contribution in [0.3, 0.4) is 0 Å². The van der Waals surface area contributed by atoms with Crippen molar-refractivity contribution in [2.45, 2.75) is 19.5 Å². The van der Waals surface area contributed by atoms with Crippen molar-refractivity contribution in [1.29, 1.82) is 0 Å². The van der Waals surface area contributed by atoms with Crippen LogP contribution in [0.2, 0.25) is 0 Å². The fourth-order valence-electron chi connectivity index (χ4n) is 1.91. The minimum atomic E-state index is -0.819. The smallest absolute Gasteiger partial charge is 0.309 e. The molecule has 0 spiro atoms. The highest BCUT2D eigenvalue weighted by atomic mass is 16.4. The third-order valence-electron chi connectivity index (χ3n) is 2.52.